The fourth-order valence-corrected chi connectivity index (χ4v) is 9.20. The molecule has 0 aromatic carbocycles. The lowest BCUT2D eigenvalue weighted by atomic mass is 9.44. The van der Waals surface area contributed by atoms with Crippen molar-refractivity contribution in [3.8, 4) is 0 Å². The van der Waals surface area contributed by atoms with Crippen LogP contribution in [0.5, 0.6) is 0 Å². The maximum atomic E-state index is 17.7. The van der Waals surface area contributed by atoms with Crippen molar-refractivity contribution in [3.63, 3.8) is 0 Å². The molecule has 4 rings (SSSR count). The van der Waals surface area contributed by atoms with Crippen molar-refractivity contribution >= 4 is 35.4 Å². The zero-order valence-electron chi connectivity index (χ0n) is 31.3. The first-order valence-corrected chi connectivity index (χ1v) is 18.3. The molecule has 320 valence electrons. The molecule has 0 aromatic rings. The molecule has 0 bridgehead atoms. The molecule has 3 saturated carbocycles. The zero-order chi connectivity index (χ0) is 42.5. The Morgan fingerprint density at radius 3 is 2.19 bits per heavy atom. The first-order valence-electron chi connectivity index (χ1n) is 18.3. The molecule has 8 N–H and O–H groups in total. The number of carbonyl (C=O) groups excluding carboxylic acids is 5. The number of Topliss-reactive ketones (excluding diaryl/α,β-unsaturated/α-hetero) is 1. The van der Waals surface area contributed by atoms with Crippen LogP contribution < -0.4 is 5.32 Å². The highest BCUT2D eigenvalue weighted by Gasteiger charge is 2.79. The van der Waals surface area contributed by atoms with Gasteiger partial charge in [-0.25, -0.2) is 13.6 Å². The summed E-state index contributed by atoms with van der Waals surface area (Å²) in [6, 6.07) is -1.81. The Kier molecular flexibility index (Phi) is 14.8. The van der Waals surface area contributed by atoms with E-state index in [0.717, 1.165) is 12.2 Å². The van der Waals surface area contributed by atoms with Crippen molar-refractivity contribution in [1.82, 2.24) is 16.1 Å². The van der Waals surface area contributed by atoms with Crippen LogP contribution in [0, 0.1) is 22.7 Å². The number of hydrogen-bond donors (Lipinski definition) is 8. The summed E-state index contributed by atoms with van der Waals surface area (Å²) in [5, 5.41) is 68.8. The molecule has 4 aliphatic carbocycles. The van der Waals surface area contributed by atoms with Crippen LogP contribution in [0.4, 0.5) is 8.78 Å². The molecule has 0 spiro atoms. The number of esters is 2. The van der Waals surface area contributed by atoms with Crippen LogP contribution in [-0.2, 0) is 47.9 Å². The van der Waals surface area contributed by atoms with E-state index in [1.807, 2.05) is 0 Å². The molecule has 22 heteroatoms. The molecule has 57 heavy (non-hydrogen) atoms. The maximum Gasteiger partial charge on any atom is 0.326 e. The van der Waals surface area contributed by atoms with Gasteiger partial charge in [0.25, 0.3) is 0 Å². The zero-order valence-corrected chi connectivity index (χ0v) is 31.3. The number of amides is 1. The van der Waals surface area contributed by atoms with E-state index in [2.05, 4.69) is 15.0 Å². The number of carboxylic acids is 1. The Morgan fingerprint density at radius 2 is 1.56 bits per heavy atom. The number of halogens is 2. The number of carboxylic acid groups (broad SMARTS) is 1. The van der Waals surface area contributed by atoms with Gasteiger partial charge in [-0.2, -0.15) is 0 Å². The number of nitrogens with one attached hydrogen (secondary N) is 1. The molecule has 0 saturated heterocycles. The van der Waals surface area contributed by atoms with E-state index in [9.17, 15) is 44.1 Å². The minimum absolute atomic E-state index is 0.0775. The summed E-state index contributed by atoms with van der Waals surface area (Å²) in [7, 11) is 0. The van der Waals surface area contributed by atoms with Crippen molar-refractivity contribution in [3.05, 3.63) is 23.8 Å². The minimum Gasteiger partial charge on any atom is -0.480 e. The minimum atomic E-state index is -2.66. The summed E-state index contributed by atoms with van der Waals surface area (Å²) >= 11 is 0. The van der Waals surface area contributed by atoms with Crippen LogP contribution >= 0.6 is 0 Å². The first kappa shape index (κ1) is 45.9. The quantitative estimate of drug-likeness (QED) is 0.0482. The molecule has 10 atom stereocenters. The van der Waals surface area contributed by atoms with Crippen molar-refractivity contribution < 1.29 is 92.8 Å². The molecular weight excluding hydrogens is 772 g/mol. The molecule has 3 unspecified atom stereocenters. The van der Waals surface area contributed by atoms with Crippen LogP contribution in [0.2, 0.25) is 0 Å². The Balaban J connectivity index is 1.55. The molecule has 0 aromatic heterocycles. The molecule has 0 aliphatic heterocycles. The lowest BCUT2D eigenvalue weighted by molar-refractivity contribution is -0.492. The van der Waals surface area contributed by atoms with E-state index >= 15 is 8.78 Å². The van der Waals surface area contributed by atoms with Gasteiger partial charge in [0.2, 0.25) is 17.3 Å². The largest absolute Gasteiger partial charge is 0.480 e. The Labute approximate surface area is 324 Å². The normalized spacial score (nSPS) is 33.5. The highest BCUT2D eigenvalue weighted by molar-refractivity contribution is 6.01. The summed E-state index contributed by atoms with van der Waals surface area (Å²) in [4.78, 5) is 85.8. The number of hydrogen-bond acceptors (Lipinski definition) is 18. The van der Waals surface area contributed by atoms with Gasteiger partial charge in [-0.3, -0.25) is 54.5 Å². The standard InChI is InChI=1S/C35H49F2N3O17/c1-32-10-9-19(41)13-22(32)23(36)14-21-20-15-25(42)35(33(20,2)17-26(43)34(21,32)37,57-29(46)8-6-12-56-40(52)53)27(44)18-54-30(47)16-24(31(48)49)38-28(45)7-4-3-5-11-55-39(50)51/h9-10,13,20-21,23-26,42-43,50-53H,3-8,11-12,14-18H2,1-2H3,(H,38,45)(H,48,49)/t20?,21?,23-,24?,25+,26-,32-,33-,34-,35-/m0/s1. The topological polar surface area (TPSA) is 299 Å². The smallest absolute Gasteiger partial charge is 0.326 e. The summed E-state index contributed by atoms with van der Waals surface area (Å²) < 4.78 is 44.5. The molecule has 0 heterocycles. The number of nitrogens with zero attached hydrogens (tertiary/aromatic N) is 2. The summed E-state index contributed by atoms with van der Waals surface area (Å²) in [6.45, 7) is 0.947. The van der Waals surface area contributed by atoms with E-state index in [1.54, 1.807) is 0 Å². The molecule has 1 amide bonds. The van der Waals surface area contributed by atoms with Gasteiger partial charge in [-0.05, 0) is 69.1 Å². The van der Waals surface area contributed by atoms with Crippen LogP contribution in [-0.4, -0.2) is 138 Å². The summed E-state index contributed by atoms with van der Waals surface area (Å²) in [5.74, 6) is -9.20. The third kappa shape index (κ3) is 9.24. The average molecular weight is 822 g/mol. The SMILES string of the molecule is C[C@]12C=CC(=O)C=C1[C@@H](F)CC1C3C[C@@H](O)[C@](OC(=O)CCCON(O)O)(C(=O)COC(=O)CC(NC(=O)CCCCCON(O)O)C(=O)O)[C@@]3(C)C[C@H](O)[C@@]12F. The van der Waals surface area contributed by atoms with E-state index in [0.29, 0.717) is 12.8 Å². The number of aliphatic carboxylic acids is 1. The van der Waals surface area contributed by atoms with E-state index in [1.165, 1.54) is 19.9 Å². The predicted molar refractivity (Wildman–Crippen MR) is 179 cm³/mol. The summed E-state index contributed by atoms with van der Waals surface area (Å²) in [5.41, 5.74) is -9.14. The third-order valence-electron chi connectivity index (χ3n) is 11.9. The number of aliphatic hydroxyl groups is 2. The van der Waals surface area contributed by atoms with E-state index in [4.69, 9.17) is 30.3 Å². The molecule has 20 nitrogen and oxygen atoms in total. The predicted octanol–water partition coefficient (Wildman–Crippen LogP) is 0.994. The van der Waals surface area contributed by atoms with E-state index < -0.39 is 150 Å². The van der Waals surface area contributed by atoms with Crippen molar-refractivity contribution in [1.29, 1.82) is 0 Å². The Bertz CT molecular complexity index is 1610. The lowest BCUT2D eigenvalue weighted by Crippen LogP contribution is -2.71. The van der Waals surface area contributed by atoms with Crippen molar-refractivity contribution in [2.75, 3.05) is 19.8 Å². The Morgan fingerprint density at radius 1 is 0.912 bits per heavy atom. The second-order valence-electron chi connectivity index (χ2n) is 15.2. The number of fused-ring (bicyclic) bond motifs is 5. The van der Waals surface area contributed by atoms with Crippen LogP contribution in [0.25, 0.3) is 0 Å². The number of ketones is 2. The number of allylic oxidation sites excluding steroid dienone is 4. The van der Waals surface area contributed by atoms with Crippen LogP contribution in [0.3, 0.4) is 0 Å². The molecule has 0 radical (unpaired) electrons. The fraction of sp³-hybridized carbons (Fsp3) is 0.714. The molecule has 3 fully saturated rings. The number of aliphatic hydroxyl groups excluding tert-OH is 2. The maximum absolute atomic E-state index is 17.7. The number of ether oxygens (including phenoxy) is 2. The van der Waals surface area contributed by atoms with Gasteiger partial charge in [0.15, 0.2) is 18.1 Å². The lowest BCUT2D eigenvalue weighted by Gasteiger charge is -2.63. The van der Waals surface area contributed by atoms with Gasteiger partial charge < -0.3 is 30.1 Å². The summed E-state index contributed by atoms with van der Waals surface area (Å²) in [6.07, 6.45) is -5.19. The van der Waals surface area contributed by atoms with Gasteiger partial charge in [0.05, 0.1) is 36.5 Å². The monoisotopic (exact) mass is 821 g/mol. The first-order chi connectivity index (χ1) is 26.6. The number of rotatable bonds is 20. The third-order valence-corrected chi connectivity index (χ3v) is 11.9. The Hall–Kier alpha value is -3.84. The van der Waals surface area contributed by atoms with Gasteiger partial charge in [-0.1, -0.05) is 19.4 Å². The average Bonchev–Trinajstić information content (AvgIpc) is 3.34. The highest BCUT2D eigenvalue weighted by Crippen LogP contribution is 2.70. The van der Waals surface area contributed by atoms with E-state index in [-0.39, 0.29) is 31.4 Å². The van der Waals surface area contributed by atoms with Gasteiger partial charge >= 0.3 is 17.9 Å². The van der Waals surface area contributed by atoms with Crippen LogP contribution in [0.15, 0.2) is 23.8 Å². The molecular formula is C35H49F2N3O17. The van der Waals surface area contributed by atoms with Gasteiger partial charge in [0.1, 0.15) is 18.3 Å². The highest BCUT2D eigenvalue weighted by atomic mass is 19.1. The second-order valence-corrected chi connectivity index (χ2v) is 15.2. The molecule has 4 aliphatic rings. The fourth-order valence-electron chi connectivity index (χ4n) is 9.20. The van der Waals surface area contributed by atoms with Gasteiger partial charge in [0, 0.05) is 29.6 Å². The van der Waals surface area contributed by atoms with Crippen molar-refractivity contribution in [2.24, 2.45) is 22.7 Å². The van der Waals surface area contributed by atoms with Crippen molar-refractivity contribution in [2.45, 2.75) is 114 Å². The van der Waals surface area contributed by atoms with Gasteiger partial charge in [-0.15, -0.1) is 0 Å². The number of unbranched alkanes of at least 4 members (excludes halogenated alkanes) is 2. The second kappa shape index (κ2) is 18.4. The number of alkyl halides is 2. The van der Waals surface area contributed by atoms with Crippen LogP contribution in [0.1, 0.15) is 78.1 Å². The number of carbonyl (C=O) groups is 6.